The predicted octanol–water partition coefficient (Wildman–Crippen LogP) is 8.62. The second kappa shape index (κ2) is 11.1. The van der Waals surface area contributed by atoms with E-state index >= 15 is 0 Å². The molecule has 0 spiro atoms. The molecule has 41 heavy (non-hydrogen) atoms. The lowest BCUT2D eigenvalue weighted by Gasteiger charge is -2.35. The van der Waals surface area contributed by atoms with Crippen molar-refractivity contribution in [2.24, 2.45) is 0 Å². The Morgan fingerprint density at radius 2 is 1.07 bits per heavy atom. The first-order valence-corrected chi connectivity index (χ1v) is 13.3. The molecule has 0 saturated heterocycles. The van der Waals surface area contributed by atoms with Crippen LogP contribution < -0.4 is 0 Å². The molecular weight excluding hydrogens is 500 g/mol. The summed E-state index contributed by atoms with van der Waals surface area (Å²) in [7, 11) is 0. The quantitative estimate of drug-likeness (QED) is 0.205. The number of nitrogens with zero attached hydrogens (tertiary/aromatic N) is 4. The molecule has 6 aromatic rings. The van der Waals surface area contributed by atoms with Crippen LogP contribution in [0.15, 0.2) is 146 Å². The van der Waals surface area contributed by atoms with Gasteiger partial charge in [0.15, 0.2) is 5.69 Å². The van der Waals surface area contributed by atoms with Crippen molar-refractivity contribution in [2.75, 3.05) is 0 Å². The van der Waals surface area contributed by atoms with Crippen LogP contribution in [-0.2, 0) is 5.41 Å². The Hall–Kier alpha value is -5.84. The predicted molar refractivity (Wildman–Crippen MR) is 162 cm³/mol. The van der Waals surface area contributed by atoms with Gasteiger partial charge in [0.1, 0.15) is 5.41 Å². The van der Waals surface area contributed by atoms with E-state index < -0.39 is 5.41 Å². The molecule has 0 amide bonds. The van der Waals surface area contributed by atoms with Gasteiger partial charge in [0.05, 0.1) is 41.0 Å². The Labute approximate surface area is 239 Å². The molecule has 0 N–H and O–H groups in total. The lowest BCUT2D eigenvalue weighted by molar-refractivity contribution is 0.689. The number of benzene rings is 4. The molecule has 0 atom stereocenters. The van der Waals surface area contributed by atoms with Crippen LogP contribution in [0.5, 0.6) is 0 Å². The van der Waals surface area contributed by atoms with Crippen LogP contribution in [0.2, 0.25) is 0 Å². The molecule has 4 nitrogen and oxygen atoms in total. The Morgan fingerprint density at radius 3 is 1.61 bits per heavy atom. The van der Waals surface area contributed by atoms with E-state index in [1.54, 1.807) is 12.1 Å². The van der Waals surface area contributed by atoms with Gasteiger partial charge in [0.25, 0.3) is 0 Å². The van der Waals surface area contributed by atoms with Crippen molar-refractivity contribution in [1.29, 1.82) is 5.26 Å². The lowest BCUT2D eigenvalue weighted by atomic mass is 9.69. The highest BCUT2D eigenvalue weighted by Gasteiger charge is 2.41. The first kappa shape index (κ1) is 25.4. The van der Waals surface area contributed by atoms with Gasteiger partial charge >= 0.3 is 0 Å². The SMILES string of the molecule is [C-]#[N+]c1cccc(-c2cccc(C(c3ccccc3)(c3ccccc3)c3cccc(-c4cccc(C#N)c4)n3)n2)c1. The Balaban J connectivity index is 1.66. The maximum absolute atomic E-state index is 9.50. The van der Waals surface area contributed by atoms with Crippen LogP contribution in [0.25, 0.3) is 27.4 Å². The molecule has 0 aliphatic rings. The summed E-state index contributed by atoms with van der Waals surface area (Å²) in [6, 6.07) is 50.0. The molecule has 0 aliphatic carbocycles. The summed E-state index contributed by atoms with van der Waals surface area (Å²) in [5, 5.41) is 9.50. The largest absolute Gasteiger partial charge is 0.251 e. The number of pyridine rings is 2. The molecule has 2 heterocycles. The standard InChI is InChI=1S/C37H24N4/c1-39-32-19-9-14-29(25-32)34-21-11-23-36(41-34)37(30-15-4-2-5-16-30,31-17-6-3-7-18-31)35-22-10-20-33(40-35)28-13-8-12-27(24-28)26-38/h2-25H. The number of hydrogen-bond acceptors (Lipinski definition) is 3. The Morgan fingerprint density at radius 1 is 0.561 bits per heavy atom. The van der Waals surface area contributed by atoms with Gasteiger partial charge in [-0.15, -0.1) is 0 Å². The minimum absolute atomic E-state index is 0.570. The van der Waals surface area contributed by atoms with E-state index in [-0.39, 0.29) is 0 Å². The highest BCUT2D eigenvalue weighted by Crippen LogP contribution is 2.44. The first-order valence-electron chi connectivity index (χ1n) is 13.3. The minimum Gasteiger partial charge on any atom is -0.251 e. The molecule has 0 bridgehead atoms. The highest BCUT2D eigenvalue weighted by atomic mass is 14.8. The highest BCUT2D eigenvalue weighted by molar-refractivity contribution is 5.68. The van der Waals surface area contributed by atoms with Crippen molar-refractivity contribution in [2.45, 2.75) is 5.41 Å². The van der Waals surface area contributed by atoms with Crippen molar-refractivity contribution in [3.63, 3.8) is 0 Å². The van der Waals surface area contributed by atoms with E-state index in [0.717, 1.165) is 45.0 Å². The average molecular weight is 525 g/mol. The monoisotopic (exact) mass is 524 g/mol. The third kappa shape index (κ3) is 4.76. The summed E-state index contributed by atoms with van der Waals surface area (Å²) in [5.41, 5.74) is 7.30. The van der Waals surface area contributed by atoms with E-state index in [2.05, 4.69) is 35.2 Å². The van der Waals surface area contributed by atoms with Crippen LogP contribution in [0.1, 0.15) is 28.1 Å². The summed E-state index contributed by atoms with van der Waals surface area (Å²) in [6.07, 6.45) is 0. The second-order valence-electron chi connectivity index (χ2n) is 9.65. The van der Waals surface area contributed by atoms with Crippen LogP contribution in [0, 0.1) is 17.9 Å². The summed E-state index contributed by atoms with van der Waals surface area (Å²) in [4.78, 5) is 14.1. The fourth-order valence-corrected chi connectivity index (χ4v) is 5.36. The number of hydrogen-bond donors (Lipinski definition) is 0. The van der Waals surface area contributed by atoms with Gasteiger partial charge in [0, 0.05) is 5.56 Å². The van der Waals surface area contributed by atoms with E-state index in [1.807, 2.05) is 109 Å². The Bertz CT molecular complexity index is 1770. The molecule has 192 valence electrons. The molecular formula is C37H24N4. The molecule has 0 unspecified atom stereocenters. The maximum atomic E-state index is 9.50. The van der Waals surface area contributed by atoms with Crippen molar-refractivity contribution < 1.29 is 0 Å². The summed E-state index contributed by atoms with van der Waals surface area (Å²) >= 11 is 0. The van der Waals surface area contributed by atoms with Crippen molar-refractivity contribution in [3.8, 4) is 28.6 Å². The van der Waals surface area contributed by atoms with Crippen molar-refractivity contribution >= 4 is 5.69 Å². The molecule has 0 saturated carbocycles. The normalized spacial score (nSPS) is 10.9. The van der Waals surface area contributed by atoms with Gasteiger partial charge in [-0.3, -0.25) is 9.97 Å². The average Bonchev–Trinajstić information content (AvgIpc) is 3.06. The number of nitriles is 1. The Kier molecular flexibility index (Phi) is 6.89. The summed E-state index contributed by atoms with van der Waals surface area (Å²) < 4.78 is 0. The van der Waals surface area contributed by atoms with Crippen LogP contribution in [0.3, 0.4) is 0 Å². The summed E-state index contributed by atoms with van der Waals surface area (Å²) in [6.45, 7) is 7.48. The molecule has 0 radical (unpaired) electrons. The fourth-order valence-electron chi connectivity index (χ4n) is 5.36. The number of aromatic nitrogens is 2. The van der Waals surface area contributed by atoms with Crippen LogP contribution in [0.4, 0.5) is 5.69 Å². The van der Waals surface area contributed by atoms with E-state index in [4.69, 9.17) is 16.5 Å². The van der Waals surface area contributed by atoms with E-state index in [9.17, 15) is 5.26 Å². The van der Waals surface area contributed by atoms with Gasteiger partial charge in [-0.2, -0.15) is 5.26 Å². The molecule has 4 heteroatoms. The third-order valence-electron chi connectivity index (χ3n) is 7.24. The van der Waals surface area contributed by atoms with Gasteiger partial charge in [-0.25, -0.2) is 4.85 Å². The van der Waals surface area contributed by atoms with Crippen molar-refractivity contribution in [3.05, 3.63) is 185 Å². The second-order valence-corrected chi connectivity index (χ2v) is 9.65. The van der Waals surface area contributed by atoms with E-state index in [1.165, 1.54) is 0 Å². The van der Waals surface area contributed by atoms with Gasteiger partial charge in [0.2, 0.25) is 0 Å². The van der Waals surface area contributed by atoms with Gasteiger partial charge in [-0.05, 0) is 59.2 Å². The van der Waals surface area contributed by atoms with Crippen molar-refractivity contribution in [1.82, 2.24) is 9.97 Å². The fraction of sp³-hybridized carbons (Fsp3) is 0.0270. The van der Waals surface area contributed by atoms with Crippen LogP contribution >= 0.6 is 0 Å². The number of rotatable bonds is 6. The molecule has 0 fully saturated rings. The topological polar surface area (TPSA) is 53.9 Å². The molecule has 2 aromatic heterocycles. The molecule has 4 aromatic carbocycles. The van der Waals surface area contributed by atoms with Gasteiger partial charge < -0.3 is 0 Å². The third-order valence-corrected chi connectivity index (χ3v) is 7.24. The van der Waals surface area contributed by atoms with Crippen LogP contribution in [-0.4, -0.2) is 9.97 Å². The zero-order valence-corrected chi connectivity index (χ0v) is 22.1. The van der Waals surface area contributed by atoms with Gasteiger partial charge in [-0.1, -0.05) is 103 Å². The first-order chi connectivity index (χ1) is 20.2. The molecule has 0 aliphatic heterocycles. The minimum atomic E-state index is -0.848. The maximum Gasteiger partial charge on any atom is 0.187 e. The molecule has 6 rings (SSSR count). The smallest absolute Gasteiger partial charge is 0.187 e. The zero-order chi connectivity index (χ0) is 28.1. The summed E-state index contributed by atoms with van der Waals surface area (Å²) in [5.74, 6) is 0. The lowest BCUT2D eigenvalue weighted by Crippen LogP contribution is -2.33. The zero-order valence-electron chi connectivity index (χ0n) is 22.1. The van der Waals surface area contributed by atoms with E-state index in [0.29, 0.717) is 11.3 Å².